The van der Waals surface area contributed by atoms with Gasteiger partial charge in [0.25, 0.3) is 0 Å². The summed E-state index contributed by atoms with van der Waals surface area (Å²) < 4.78 is 32.3. The topological polar surface area (TPSA) is 21.3 Å². The lowest BCUT2D eigenvalue weighted by Gasteiger charge is -2.12. The lowest BCUT2D eigenvalue weighted by Crippen LogP contribution is -2.12. The second kappa shape index (κ2) is 6.48. The fraction of sp³-hybridized carbons (Fsp3) is 0.250. The Morgan fingerprint density at radius 2 is 1.65 bits per heavy atom. The van der Waals surface area contributed by atoms with Crippen LogP contribution in [0, 0.1) is 11.6 Å². The first-order chi connectivity index (χ1) is 9.61. The minimum Gasteiger partial charge on any atom is -0.489 e. The number of nitrogens with one attached hydrogen (secondary N) is 1. The molecule has 0 aliphatic heterocycles. The molecule has 0 aromatic heterocycles. The van der Waals surface area contributed by atoms with E-state index in [-0.39, 0.29) is 18.2 Å². The van der Waals surface area contributed by atoms with E-state index in [1.807, 2.05) is 26.1 Å². The van der Waals surface area contributed by atoms with Crippen LogP contribution in [0.5, 0.6) is 5.75 Å². The summed E-state index contributed by atoms with van der Waals surface area (Å²) in [6, 6.07) is 11.5. The smallest absolute Gasteiger partial charge is 0.132 e. The first-order valence-electron chi connectivity index (χ1n) is 6.44. The average molecular weight is 277 g/mol. The van der Waals surface area contributed by atoms with Crippen molar-refractivity contribution in [3.63, 3.8) is 0 Å². The summed E-state index contributed by atoms with van der Waals surface area (Å²) in [6.45, 7) is 1.92. The Balaban J connectivity index is 2.04. The van der Waals surface area contributed by atoms with Crippen LogP contribution >= 0.6 is 0 Å². The van der Waals surface area contributed by atoms with E-state index in [1.165, 1.54) is 18.2 Å². The molecule has 0 saturated carbocycles. The molecule has 0 bridgehead atoms. The van der Waals surface area contributed by atoms with Crippen LogP contribution in [0.2, 0.25) is 0 Å². The minimum absolute atomic E-state index is 0.0554. The molecular formula is C16H17F2NO. The number of hydrogen-bond donors (Lipinski definition) is 1. The van der Waals surface area contributed by atoms with Crippen LogP contribution in [-0.4, -0.2) is 7.05 Å². The third-order valence-corrected chi connectivity index (χ3v) is 3.26. The summed E-state index contributed by atoms with van der Waals surface area (Å²) >= 11 is 0. The molecule has 106 valence electrons. The van der Waals surface area contributed by atoms with Gasteiger partial charge in [-0.1, -0.05) is 18.2 Å². The van der Waals surface area contributed by atoms with Gasteiger partial charge in [0.1, 0.15) is 24.0 Å². The van der Waals surface area contributed by atoms with Crippen molar-refractivity contribution in [3.05, 3.63) is 65.2 Å². The molecule has 0 radical (unpaired) electrons. The van der Waals surface area contributed by atoms with Crippen molar-refractivity contribution in [2.24, 2.45) is 0 Å². The summed E-state index contributed by atoms with van der Waals surface area (Å²) in [6.07, 6.45) is 0. The molecule has 1 N–H and O–H groups in total. The molecule has 0 aliphatic rings. The first-order valence-corrected chi connectivity index (χ1v) is 6.44. The average Bonchev–Trinajstić information content (AvgIpc) is 2.46. The van der Waals surface area contributed by atoms with Crippen LogP contribution < -0.4 is 10.1 Å². The Labute approximate surface area is 117 Å². The Hall–Kier alpha value is -1.94. The predicted molar refractivity (Wildman–Crippen MR) is 74.6 cm³/mol. The zero-order valence-corrected chi connectivity index (χ0v) is 11.5. The van der Waals surface area contributed by atoms with E-state index in [0.717, 1.165) is 5.56 Å². The van der Waals surface area contributed by atoms with Gasteiger partial charge in [0.05, 0.1) is 5.56 Å². The SMILES string of the molecule is CNC(C)c1ccc(OCc2c(F)cccc2F)cc1. The van der Waals surface area contributed by atoms with Crippen LogP contribution in [0.3, 0.4) is 0 Å². The molecule has 20 heavy (non-hydrogen) atoms. The van der Waals surface area contributed by atoms with Crippen molar-refractivity contribution in [2.75, 3.05) is 7.05 Å². The van der Waals surface area contributed by atoms with E-state index in [2.05, 4.69) is 5.32 Å². The van der Waals surface area contributed by atoms with E-state index in [9.17, 15) is 8.78 Å². The van der Waals surface area contributed by atoms with Gasteiger partial charge in [-0.05, 0) is 43.8 Å². The molecule has 2 aromatic carbocycles. The lowest BCUT2D eigenvalue weighted by molar-refractivity contribution is 0.292. The molecule has 1 atom stereocenters. The van der Waals surface area contributed by atoms with E-state index in [0.29, 0.717) is 5.75 Å². The standard InChI is InChI=1S/C16H17F2NO/c1-11(19-2)12-6-8-13(9-7-12)20-10-14-15(17)4-3-5-16(14)18/h3-9,11,19H,10H2,1-2H3. The molecule has 1 unspecified atom stereocenters. The fourth-order valence-corrected chi connectivity index (χ4v) is 1.85. The molecule has 0 aliphatic carbocycles. The van der Waals surface area contributed by atoms with Gasteiger partial charge in [0, 0.05) is 6.04 Å². The first kappa shape index (κ1) is 14.5. The van der Waals surface area contributed by atoms with Crippen LogP contribution in [0.25, 0.3) is 0 Å². The number of hydrogen-bond acceptors (Lipinski definition) is 2. The zero-order chi connectivity index (χ0) is 14.5. The van der Waals surface area contributed by atoms with Gasteiger partial charge in [0.2, 0.25) is 0 Å². The van der Waals surface area contributed by atoms with Gasteiger partial charge in [0.15, 0.2) is 0 Å². The van der Waals surface area contributed by atoms with Crippen LogP contribution in [0.15, 0.2) is 42.5 Å². The van der Waals surface area contributed by atoms with Gasteiger partial charge >= 0.3 is 0 Å². The molecule has 2 aromatic rings. The minimum atomic E-state index is -0.592. The van der Waals surface area contributed by atoms with Gasteiger partial charge < -0.3 is 10.1 Å². The van der Waals surface area contributed by atoms with Crippen molar-refractivity contribution in [3.8, 4) is 5.75 Å². The molecule has 0 saturated heterocycles. The summed E-state index contributed by atoms with van der Waals surface area (Å²) in [4.78, 5) is 0. The molecule has 0 amide bonds. The highest BCUT2D eigenvalue weighted by Crippen LogP contribution is 2.20. The van der Waals surface area contributed by atoms with Gasteiger partial charge in [-0.25, -0.2) is 8.78 Å². The Kier molecular flexibility index (Phi) is 4.69. The Morgan fingerprint density at radius 1 is 1.05 bits per heavy atom. The Bertz CT molecular complexity index is 549. The van der Waals surface area contributed by atoms with Crippen molar-refractivity contribution < 1.29 is 13.5 Å². The summed E-state index contributed by atoms with van der Waals surface area (Å²) in [5.74, 6) is -0.601. The van der Waals surface area contributed by atoms with E-state index in [1.54, 1.807) is 12.1 Å². The zero-order valence-electron chi connectivity index (χ0n) is 11.5. The number of ether oxygens (including phenoxy) is 1. The second-order valence-electron chi connectivity index (χ2n) is 4.57. The molecule has 0 fully saturated rings. The molecule has 4 heteroatoms. The molecule has 2 rings (SSSR count). The van der Waals surface area contributed by atoms with E-state index < -0.39 is 11.6 Å². The molecule has 0 spiro atoms. The molecular weight excluding hydrogens is 260 g/mol. The number of benzene rings is 2. The molecule has 2 nitrogen and oxygen atoms in total. The maximum Gasteiger partial charge on any atom is 0.132 e. The van der Waals surface area contributed by atoms with E-state index >= 15 is 0 Å². The quantitative estimate of drug-likeness (QED) is 0.897. The third-order valence-electron chi connectivity index (χ3n) is 3.26. The second-order valence-corrected chi connectivity index (χ2v) is 4.57. The van der Waals surface area contributed by atoms with Crippen LogP contribution in [-0.2, 0) is 6.61 Å². The largest absolute Gasteiger partial charge is 0.489 e. The fourth-order valence-electron chi connectivity index (χ4n) is 1.85. The number of rotatable bonds is 5. The van der Waals surface area contributed by atoms with Gasteiger partial charge in [-0.3, -0.25) is 0 Å². The Morgan fingerprint density at radius 3 is 2.20 bits per heavy atom. The maximum absolute atomic E-state index is 13.4. The van der Waals surface area contributed by atoms with Crippen LogP contribution in [0.1, 0.15) is 24.1 Å². The maximum atomic E-state index is 13.4. The highest BCUT2D eigenvalue weighted by atomic mass is 19.1. The summed E-state index contributed by atoms with van der Waals surface area (Å²) in [7, 11) is 1.88. The lowest BCUT2D eigenvalue weighted by atomic mass is 10.1. The summed E-state index contributed by atoms with van der Waals surface area (Å²) in [5.41, 5.74) is 1.07. The van der Waals surface area contributed by atoms with Crippen molar-refractivity contribution in [1.82, 2.24) is 5.32 Å². The third kappa shape index (κ3) is 3.33. The van der Waals surface area contributed by atoms with Gasteiger partial charge in [-0.15, -0.1) is 0 Å². The highest BCUT2D eigenvalue weighted by molar-refractivity contribution is 5.29. The van der Waals surface area contributed by atoms with Crippen LogP contribution in [0.4, 0.5) is 8.78 Å². The monoisotopic (exact) mass is 277 g/mol. The molecule has 0 heterocycles. The highest BCUT2D eigenvalue weighted by Gasteiger charge is 2.09. The predicted octanol–water partition coefficient (Wildman–Crippen LogP) is 3.82. The van der Waals surface area contributed by atoms with Gasteiger partial charge in [-0.2, -0.15) is 0 Å². The normalized spacial score (nSPS) is 12.2. The van der Waals surface area contributed by atoms with Crippen molar-refractivity contribution in [1.29, 1.82) is 0 Å². The van der Waals surface area contributed by atoms with E-state index in [4.69, 9.17) is 4.74 Å². The number of halogens is 2. The summed E-state index contributed by atoms with van der Waals surface area (Å²) in [5, 5.41) is 3.13. The van der Waals surface area contributed by atoms with Crippen molar-refractivity contribution >= 4 is 0 Å². The van der Waals surface area contributed by atoms with Crippen molar-refractivity contribution in [2.45, 2.75) is 19.6 Å².